The van der Waals surface area contributed by atoms with Crippen LogP contribution in [0.4, 0.5) is 22.7 Å². The van der Waals surface area contributed by atoms with Gasteiger partial charge in [-0.05, 0) is 46.4 Å². The van der Waals surface area contributed by atoms with Gasteiger partial charge < -0.3 is 9.80 Å². The summed E-state index contributed by atoms with van der Waals surface area (Å²) in [5.41, 5.74) is 16.2. The Hall–Kier alpha value is -5.63. The molecule has 2 aliphatic heterocycles. The van der Waals surface area contributed by atoms with Gasteiger partial charge in [0, 0.05) is 49.3 Å². The molecule has 5 nitrogen and oxygen atoms in total. The maximum Gasteiger partial charge on any atom is 0 e. The van der Waals surface area contributed by atoms with E-state index >= 15 is 0 Å². The monoisotopic (exact) mass is 1100 g/mol. The first-order chi connectivity index (χ1) is 29.8. The summed E-state index contributed by atoms with van der Waals surface area (Å²) in [6.07, 6.45) is 0. The van der Waals surface area contributed by atoms with Crippen molar-refractivity contribution in [3.8, 4) is 39.6 Å². The molecular weight excluding hydrogens is 1060 g/mol. The number of nitrogens with zero attached hydrogens (tertiary/aromatic N) is 4. The molecule has 0 spiro atoms. The van der Waals surface area contributed by atoms with E-state index in [-0.39, 0.29) is 47.4 Å². The zero-order valence-corrected chi connectivity index (χ0v) is 39.5. The molecule has 11 rings (SSSR count). The summed E-state index contributed by atoms with van der Waals surface area (Å²) >= 11 is -0.0408. The van der Waals surface area contributed by atoms with Gasteiger partial charge in [0.1, 0.15) is 0 Å². The molecule has 7 heteroatoms. The van der Waals surface area contributed by atoms with E-state index in [0.717, 1.165) is 49.5 Å². The first-order valence-corrected chi connectivity index (χ1v) is 24.1. The second-order valence-corrected chi connectivity index (χ2v) is 19.7. The number of aryl methyl sites for hydroxylation is 1. The van der Waals surface area contributed by atoms with E-state index in [0.29, 0.717) is 11.5 Å². The topological polar surface area (TPSA) is 33.5 Å². The third-order valence-electron chi connectivity index (χ3n) is 11.9. The Morgan fingerprint density at radius 3 is 2.00 bits per heavy atom. The Kier molecular flexibility index (Phi) is 10.6. The molecule has 308 valence electrons. The van der Waals surface area contributed by atoms with Crippen molar-refractivity contribution in [2.75, 3.05) is 9.80 Å². The van der Waals surface area contributed by atoms with Crippen LogP contribution in [-0.4, -0.2) is 30.5 Å². The largest absolute Gasteiger partial charge is 0 e. The average Bonchev–Trinajstić information content (AvgIpc) is 4.01. The zero-order chi connectivity index (χ0) is 41.2. The molecule has 0 atom stereocenters. The fourth-order valence-corrected chi connectivity index (χ4v) is 12.1. The van der Waals surface area contributed by atoms with E-state index in [4.69, 9.17) is 9.72 Å². The van der Waals surface area contributed by atoms with Crippen LogP contribution in [0.15, 0.2) is 158 Å². The number of hydrogen-bond acceptors (Lipinski definition) is 4. The van der Waals surface area contributed by atoms with Crippen molar-refractivity contribution in [2.24, 2.45) is 0 Å². The fraction of sp³-hybridized carbons (Fsp3) is 0.127. The number of aromatic nitrogens is 2. The molecule has 4 heterocycles. The smallest absolute Gasteiger partial charge is 0 e. The summed E-state index contributed by atoms with van der Waals surface area (Å²) in [6.45, 7) is 11.3. The van der Waals surface area contributed by atoms with Crippen molar-refractivity contribution >= 4 is 65.5 Å². The molecule has 0 N–H and O–H groups in total. The average molecular weight is 1100 g/mol. The van der Waals surface area contributed by atoms with Crippen molar-refractivity contribution in [1.29, 1.82) is 0 Å². The number of pyridine rings is 1. The van der Waals surface area contributed by atoms with Crippen LogP contribution in [0.1, 0.15) is 43.2 Å². The van der Waals surface area contributed by atoms with Gasteiger partial charge in [0.05, 0.1) is 0 Å². The molecular formula is C55H43N4OPtTe-3. The minimum Gasteiger partial charge on any atom is 0 e. The van der Waals surface area contributed by atoms with Crippen molar-refractivity contribution < 1.29 is 25.8 Å². The summed E-state index contributed by atoms with van der Waals surface area (Å²) in [5, 5.41) is 2.30. The van der Waals surface area contributed by atoms with Gasteiger partial charge in [-0.2, -0.15) is 0 Å². The quantitative estimate of drug-likeness (QED) is 0.118. The number of para-hydroxylation sites is 3. The first-order valence-electron chi connectivity index (χ1n) is 20.8. The van der Waals surface area contributed by atoms with Crippen LogP contribution in [0, 0.1) is 25.7 Å². The van der Waals surface area contributed by atoms with Gasteiger partial charge in [-0.25, -0.2) is 0 Å². The molecule has 0 unspecified atom stereocenters. The standard InChI is InChI=1S/C55H43N4OTe.Pt/c1-36-28-53(56-48-34-61-33-47(36)48)59-49-23-12-11-22-43(49)44-27-26-42(32-52(44)59)60-41-21-15-20-40(31-41)57-35-58(51-25-14-13-24-50(51)57)54-45(37-16-7-5-8-17-37)29-39(55(2,3)4)30-46(54)38-18-9-6-10-19-38;/h5-30,35H,33-34H2,1-4H3;/q-3;. The van der Waals surface area contributed by atoms with Crippen LogP contribution in [0.25, 0.3) is 49.9 Å². The van der Waals surface area contributed by atoms with Crippen molar-refractivity contribution in [1.82, 2.24) is 9.55 Å². The van der Waals surface area contributed by atoms with Crippen LogP contribution in [0.2, 0.25) is 0 Å². The molecule has 2 aliphatic rings. The van der Waals surface area contributed by atoms with Crippen LogP contribution >= 0.6 is 0 Å². The SMILES string of the molecule is Cc1cc(-n2c3[c-]c(Oc4[c-]c(N5[CH-]N(c6c(-c7ccccc7)cc(C(C)(C)C)cc6-c6ccccc6)c6ccccc65)ccc4)ccc3c3ccccc32)nc2c1C[Te]C2.[Pt]. The van der Waals surface area contributed by atoms with Gasteiger partial charge in [0.25, 0.3) is 0 Å². The maximum absolute atomic E-state index is 6.68. The van der Waals surface area contributed by atoms with E-state index in [2.05, 4.69) is 200 Å². The number of anilines is 4. The Morgan fingerprint density at radius 1 is 0.645 bits per heavy atom. The number of hydrogen-bond donors (Lipinski definition) is 0. The van der Waals surface area contributed by atoms with Crippen LogP contribution in [0.5, 0.6) is 11.5 Å². The second-order valence-electron chi connectivity index (χ2n) is 16.9. The molecule has 0 bridgehead atoms. The molecule has 9 aromatic rings. The molecule has 0 radical (unpaired) electrons. The zero-order valence-electron chi connectivity index (χ0n) is 34.9. The maximum atomic E-state index is 6.68. The van der Waals surface area contributed by atoms with Crippen LogP contribution in [-0.2, 0) is 35.4 Å². The number of ether oxygens (including phenoxy) is 1. The van der Waals surface area contributed by atoms with Gasteiger partial charge in [-0.15, -0.1) is 12.7 Å². The van der Waals surface area contributed by atoms with Gasteiger partial charge in [0.15, 0.2) is 0 Å². The molecule has 0 amide bonds. The van der Waals surface area contributed by atoms with E-state index < -0.39 is 0 Å². The minimum absolute atomic E-state index is 0. The fourth-order valence-electron chi connectivity index (χ4n) is 8.84. The Bertz CT molecular complexity index is 3080. The minimum atomic E-state index is -0.0587. The van der Waals surface area contributed by atoms with Gasteiger partial charge >= 0.3 is 179 Å². The molecule has 0 aliphatic carbocycles. The Balaban J connectivity index is 0.00000458. The van der Waals surface area contributed by atoms with Gasteiger partial charge in [0.2, 0.25) is 0 Å². The number of benzene rings is 7. The Morgan fingerprint density at radius 2 is 1.29 bits per heavy atom. The van der Waals surface area contributed by atoms with Gasteiger partial charge in [-0.3, -0.25) is 0 Å². The molecule has 7 aromatic carbocycles. The summed E-state index contributed by atoms with van der Waals surface area (Å²) in [5.74, 6) is 2.19. The molecule has 2 aromatic heterocycles. The number of rotatable bonds is 7. The Labute approximate surface area is 388 Å². The first kappa shape index (κ1) is 40.4. The second kappa shape index (κ2) is 16.2. The third kappa shape index (κ3) is 7.13. The molecule has 62 heavy (non-hydrogen) atoms. The number of fused-ring (bicyclic) bond motifs is 5. The summed E-state index contributed by atoms with van der Waals surface area (Å²) in [4.78, 5) is 9.82. The van der Waals surface area contributed by atoms with Crippen molar-refractivity contribution in [3.63, 3.8) is 0 Å². The van der Waals surface area contributed by atoms with E-state index in [1.54, 1.807) is 0 Å². The summed E-state index contributed by atoms with van der Waals surface area (Å²) < 4.78 is 11.3. The van der Waals surface area contributed by atoms with Crippen LogP contribution in [0.3, 0.4) is 0 Å². The van der Waals surface area contributed by atoms with Crippen molar-refractivity contribution in [2.45, 2.75) is 42.0 Å². The predicted octanol–water partition coefficient (Wildman–Crippen LogP) is 13.6. The van der Waals surface area contributed by atoms with Crippen LogP contribution < -0.4 is 14.5 Å². The van der Waals surface area contributed by atoms with Crippen molar-refractivity contribution in [3.05, 3.63) is 199 Å². The normalized spacial score (nSPS) is 13.4. The van der Waals surface area contributed by atoms with E-state index in [9.17, 15) is 0 Å². The van der Waals surface area contributed by atoms with Gasteiger partial charge in [-0.1, -0.05) is 93.6 Å². The molecule has 0 fully saturated rings. The van der Waals surface area contributed by atoms with E-state index in [1.165, 1.54) is 54.5 Å². The summed E-state index contributed by atoms with van der Waals surface area (Å²) in [6, 6.07) is 63.3. The summed E-state index contributed by atoms with van der Waals surface area (Å²) in [7, 11) is 0. The molecule has 0 saturated carbocycles. The van der Waals surface area contributed by atoms with E-state index in [1.807, 2.05) is 18.2 Å². The predicted molar refractivity (Wildman–Crippen MR) is 252 cm³/mol. The third-order valence-corrected chi connectivity index (χ3v) is 14.7. The molecule has 0 saturated heterocycles.